The van der Waals surface area contributed by atoms with Gasteiger partial charge in [0.05, 0.1) is 0 Å². The smallest absolute Gasteiger partial charge is 0.769 e. The van der Waals surface area contributed by atoms with E-state index >= 15 is 0 Å². The molecular formula is H3ClNNaO. The molecule has 0 aliphatic rings. The van der Waals surface area contributed by atoms with E-state index in [0.717, 1.165) is 0 Å². The van der Waals surface area contributed by atoms with E-state index in [1.165, 1.54) is 0 Å². The van der Waals surface area contributed by atoms with Crippen LogP contribution in [0.2, 0.25) is 0 Å². The summed E-state index contributed by atoms with van der Waals surface area (Å²) in [5.41, 5.74) is 0. The molecule has 2 nitrogen and oxygen atoms in total. The quantitative estimate of drug-likeness (QED) is 0.317. The van der Waals surface area contributed by atoms with Crippen LogP contribution in [0, 0.1) is 0 Å². The molecule has 0 aromatic heterocycles. The maximum absolute atomic E-state index is 7.72. The molecule has 0 heterocycles. The van der Waals surface area contributed by atoms with Crippen molar-refractivity contribution in [3.8, 4) is 0 Å². The van der Waals surface area contributed by atoms with Gasteiger partial charge in [0, 0.05) is 0 Å². The van der Waals surface area contributed by atoms with Gasteiger partial charge >= 0.3 is 29.6 Å². The molecule has 0 aliphatic heterocycles. The van der Waals surface area contributed by atoms with Crippen LogP contribution in [-0.4, -0.2) is 0 Å². The number of hydrogen-bond donors (Lipinski definition) is 1. The van der Waals surface area contributed by atoms with Crippen LogP contribution in [0.1, 0.15) is 0 Å². The zero-order valence-electron chi connectivity index (χ0n) is 2.49. The zero-order valence-corrected chi connectivity index (χ0v) is 5.25. The average Bonchev–Trinajstić information content (AvgIpc) is 1.00. The molecule has 0 saturated heterocycles. The van der Waals surface area contributed by atoms with E-state index in [1.54, 1.807) is 0 Å². The van der Waals surface area contributed by atoms with E-state index in [2.05, 4.69) is 11.9 Å². The van der Waals surface area contributed by atoms with Gasteiger partial charge in [0.15, 0.2) is 0 Å². The summed E-state index contributed by atoms with van der Waals surface area (Å²) >= 11 is 3.39. The first-order valence-electron chi connectivity index (χ1n) is 0.154. The summed E-state index contributed by atoms with van der Waals surface area (Å²) < 4.78 is 7.72. The SMILES string of the molecule is N.[Na+].[O-]Cl. The fraction of sp³-hybridized carbons (Fsp3) is 0. The largest absolute Gasteiger partial charge is 1.00 e. The Hall–Kier alpha value is 1.21. The van der Waals surface area contributed by atoms with Crippen molar-refractivity contribution in [3.05, 3.63) is 0 Å². The molecule has 22 valence electrons. The third kappa shape index (κ3) is 10.7. The van der Waals surface area contributed by atoms with Gasteiger partial charge in [-0.05, 0) is 0 Å². The second kappa shape index (κ2) is 29.6. The van der Waals surface area contributed by atoms with Crippen LogP contribution in [0.15, 0.2) is 0 Å². The molecule has 0 rings (SSSR count). The molecule has 0 fully saturated rings. The Balaban J connectivity index is -0.00000000500. The second-order valence-electron chi connectivity index (χ2n) is 0. The van der Waals surface area contributed by atoms with Gasteiger partial charge in [-0.2, -0.15) is 0 Å². The fourth-order valence-electron chi connectivity index (χ4n) is 0. The minimum absolute atomic E-state index is 0. The summed E-state index contributed by atoms with van der Waals surface area (Å²) in [6.45, 7) is 0. The van der Waals surface area contributed by atoms with Gasteiger partial charge in [-0.25, -0.2) is 11.9 Å². The van der Waals surface area contributed by atoms with Crippen molar-refractivity contribution in [1.29, 1.82) is 0 Å². The van der Waals surface area contributed by atoms with Crippen LogP contribution in [-0.2, 0) is 0 Å². The Bertz CT molecular complexity index is 8.00. The maximum atomic E-state index is 7.72. The summed E-state index contributed by atoms with van der Waals surface area (Å²) in [6, 6.07) is 0. The molecule has 0 bridgehead atoms. The van der Waals surface area contributed by atoms with Crippen molar-refractivity contribution in [1.82, 2.24) is 6.15 Å². The minimum atomic E-state index is 0. The predicted molar refractivity (Wildman–Crippen MR) is 10.9 cm³/mol. The molecule has 0 aromatic carbocycles. The molecule has 0 atom stereocenters. The van der Waals surface area contributed by atoms with Gasteiger partial charge in [-0.15, -0.1) is 0 Å². The summed E-state index contributed by atoms with van der Waals surface area (Å²) in [6.07, 6.45) is 0. The Morgan fingerprint density at radius 1 is 1.25 bits per heavy atom. The van der Waals surface area contributed by atoms with Crippen LogP contribution >= 0.6 is 11.9 Å². The third-order valence-corrected chi connectivity index (χ3v) is 0. The Kier molecular flexibility index (Phi) is 140. The van der Waals surface area contributed by atoms with Crippen LogP contribution in [0.4, 0.5) is 0 Å². The molecule has 0 aromatic rings. The van der Waals surface area contributed by atoms with Gasteiger partial charge in [-0.1, -0.05) is 0 Å². The van der Waals surface area contributed by atoms with Crippen LogP contribution < -0.4 is 40.4 Å². The molecule has 0 aliphatic carbocycles. The minimum Gasteiger partial charge on any atom is -0.769 e. The van der Waals surface area contributed by atoms with Crippen molar-refractivity contribution in [2.24, 2.45) is 0 Å². The van der Waals surface area contributed by atoms with Gasteiger partial charge in [0.2, 0.25) is 0 Å². The molecule has 3 N–H and O–H groups in total. The van der Waals surface area contributed by atoms with Gasteiger partial charge in [0.1, 0.15) is 0 Å². The zero-order chi connectivity index (χ0) is 2.00. The first-order valence-corrected chi connectivity index (χ1v) is 0.463. The van der Waals surface area contributed by atoms with Crippen molar-refractivity contribution < 1.29 is 34.2 Å². The Morgan fingerprint density at radius 3 is 1.25 bits per heavy atom. The van der Waals surface area contributed by atoms with E-state index < -0.39 is 0 Å². The van der Waals surface area contributed by atoms with E-state index in [4.69, 9.17) is 4.66 Å². The van der Waals surface area contributed by atoms with Crippen LogP contribution in [0.5, 0.6) is 0 Å². The van der Waals surface area contributed by atoms with Gasteiger partial charge in [0.25, 0.3) is 0 Å². The van der Waals surface area contributed by atoms with E-state index in [9.17, 15) is 0 Å². The standard InChI is InChI=1S/ClO.H3N.Na/c1-2;;/h;1H3;/q-1;;+1. The summed E-state index contributed by atoms with van der Waals surface area (Å²) in [5.74, 6) is 0. The number of hydrogen-bond acceptors (Lipinski definition) is 2. The normalized spacial score (nSPS) is 1.50. The molecule has 0 amide bonds. The van der Waals surface area contributed by atoms with Crippen LogP contribution in [0.25, 0.3) is 0 Å². The Labute approximate surface area is 52.2 Å². The molecule has 0 saturated carbocycles. The summed E-state index contributed by atoms with van der Waals surface area (Å²) in [5, 5.41) is 0. The molecule has 0 radical (unpaired) electrons. The van der Waals surface area contributed by atoms with Crippen molar-refractivity contribution in [2.45, 2.75) is 0 Å². The summed E-state index contributed by atoms with van der Waals surface area (Å²) in [7, 11) is 0. The van der Waals surface area contributed by atoms with Gasteiger partial charge in [-0.3, -0.25) is 0 Å². The van der Waals surface area contributed by atoms with Crippen molar-refractivity contribution >= 4 is 11.9 Å². The average molecular weight is 91.5 g/mol. The van der Waals surface area contributed by atoms with E-state index in [1.807, 2.05) is 0 Å². The second-order valence-corrected chi connectivity index (χ2v) is 0. The van der Waals surface area contributed by atoms with E-state index in [-0.39, 0.29) is 35.7 Å². The molecule has 0 spiro atoms. The number of rotatable bonds is 0. The molecular weight excluding hydrogens is 88.4 g/mol. The molecule has 4 heteroatoms. The maximum Gasteiger partial charge on any atom is 1.00 e. The first-order chi connectivity index (χ1) is 1.00. The summed E-state index contributed by atoms with van der Waals surface area (Å²) in [4.78, 5) is 0. The molecule has 0 unspecified atom stereocenters. The predicted octanol–water partition coefficient (Wildman–Crippen LogP) is -3.33. The monoisotopic (exact) mass is 91.0 g/mol. The first kappa shape index (κ1) is 18.9. The van der Waals surface area contributed by atoms with Gasteiger partial charge < -0.3 is 10.8 Å². The van der Waals surface area contributed by atoms with Crippen molar-refractivity contribution in [2.75, 3.05) is 0 Å². The van der Waals surface area contributed by atoms with Crippen molar-refractivity contribution in [3.63, 3.8) is 0 Å². The topological polar surface area (TPSA) is 58.1 Å². The number of halogens is 1. The van der Waals surface area contributed by atoms with E-state index in [0.29, 0.717) is 0 Å². The van der Waals surface area contributed by atoms with Crippen LogP contribution in [0.3, 0.4) is 0 Å². The fourth-order valence-corrected chi connectivity index (χ4v) is 0. The molecule has 4 heavy (non-hydrogen) atoms. The Morgan fingerprint density at radius 2 is 1.25 bits per heavy atom. The third-order valence-electron chi connectivity index (χ3n) is 0.